The van der Waals surface area contributed by atoms with Gasteiger partial charge in [0.25, 0.3) is 0 Å². The van der Waals surface area contributed by atoms with E-state index in [0.717, 1.165) is 19.0 Å². The smallest absolute Gasteiger partial charge is 0.318 e. The molecule has 0 bridgehead atoms. The second kappa shape index (κ2) is 5.49. The predicted molar refractivity (Wildman–Crippen MR) is 76.2 cm³/mol. The Morgan fingerprint density at radius 2 is 1.89 bits per heavy atom. The standard InChI is InChI=1S/C14H26N4O/c1-10(15-5)12-16-17-13(19-12)18-8-6-11(7-9-18)14(2,3)4/h10-11,15H,6-9H2,1-5H3. The Bertz CT molecular complexity index is 402. The second-order valence-corrected chi connectivity index (χ2v) is 6.56. The fraction of sp³-hybridized carbons (Fsp3) is 0.857. The molecular formula is C14H26N4O. The highest BCUT2D eigenvalue weighted by Gasteiger charge is 2.30. The van der Waals surface area contributed by atoms with Crippen molar-refractivity contribution in [1.29, 1.82) is 0 Å². The maximum Gasteiger partial charge on any atom is 0.318 e. The number of rotatable bonds is 3. The van der Waals surface area contributed by atoms with E-state index in [1.54, 1.807) is 0 Å². The molecule has 0 radical (unpaired) electrons. The van der Waals surface area contributed by atoms with E-state index >= 15 is 0 Å². The quantitative estimate of drug-likeness (QED) is 0.911. The molecule has 1 saturated heterocycles. The van der Waals surface area contributed by atoms with Crippen molar-refractivity contribution < 1.29 is 4.42 Å². The van der Waals surface area contributed by atoms with Gasteiger partial charge in [-0.25, -0.2) is 0 Å². The van der Waals surface area contributed by atoms with Crippen LogP contribution in [0.4, 0.5) is 6.01 Å². The van der Waals surface area contributed by atoms with Gasteiger partial charge in [0.15, 0.2) is 0 Å². The van der Waals surface area contributed by atoms with Crippen LogP contribution in [0.25, 0.3) is 0 Å². The first-order chi connectivity index (χ1) is 8.91. The molecule has 0 saturated carbocycles. The fourth-order valence-electron chi connectivity index (χ4n) is 2.59. The van der Waals surface area contributed by atoms with Gasteiger partial charge in [-0.1, -0.05) is 25.9 Å². The molecule has 1 unspecified atom stereocenters. The lowest BCUT2D eigenvalue weighted by Crippen LogP contribution is -2.38. The summed E-state index contributed by atoms with van der Waals surface area (Å²) in [6, 6.07) is 0.776. The predicted octanol–water partition coefficient (Wildman–Crippen LogP) is 2.61. The normalized spacial score (nSPS) is 19.7. The first-order valence-corrected chi connectivity index (χ1v) is 7.17. The van der Waals surface area contributed by atoms with Crippen LogP contribution in [-0.2, 0) is 0 Å². The third-order valence-electron chi connectivity index (χ3n) is 4.22. The summed E-state index contributed by atoms with van der Waals surface area (Å²) < 4.78 is 5.74. The average Bonchev–Trinajstić information content (AvgIpc) is 2.86. The van der Waals surface area contributed by atoms with E-state index in [4.69, 9.17) is 4.42 Å². The second-order valence-electron chi connectivity index (χ2n) is 6.56. The molecule has 0 aliphatic carbocycles. The molecule has 1 aromatic rings. The molecule has 1 N–H and O–H groups in total. The van der Waals surface area contributed by atoms with Gasteiger partial charge in [0.2, 0.25) is 5.89 Å². The zero-order valence-electron chi connectivity index (χ0n) is 12.7. The Kier molecular flexibility index (Phi) is 4.13. The minimum absolute atomic E-state index is 0.105. The third kappa shape index (κ3) is 3.26. The topological polar surface area (TPSA) is 54.2 Å². The van der Waals surface area contributed by atoms with Gasteiger partial charge in [-0.05, 0) is 38.1 Å². The molecule has 5 heteroatoms. The maximum atomic E-state index is 5.74. The summed E-state index contributed by atoms with van der Waals surface area (Å²) in [6.45, 7) is 11.0. The van der Waals surface area contributed by atoms with Gasteiger partial charge in [-0.2, -0.15) is 0 Å². The number of nitrogens with one attached hydrogen (secondary N) is 1. The summed E-state index contributed by atoms with van der Waals surface area (Å²) in [5, 5.41) is 11.4. The average molecular weight is 266 g/mol. The Hall–Kier alpha value is -1.10. The summed E-state index contributed by atoms with van der Waals surface area (Å²) in [7, 11) is 1.89. The van der Waals surface area contributed by atoms with E-state index in [2.05, 4.69) is 41.2 Å². The SMILES string of the molecule is CNC(C)c1nnc(N2CCC(C(C)(C)C)CC2)o1. The van der Waals surface area contributed by atoms with Gasteiger partial charge in [-0.3, -0.25) is 0 Å². The van der Waals surface area contributed by atoms with Gasteiger partial charge in [-0.15, -0.1) is 5.10 Å². The van der Waals surface area contributed by atoms with Gasteiger partial charge >= 0.3 is 6.01 Å². The van der Waals surface area contributed by atoms with Crippen LogP contribution in [-0.4, -0.2) is 30.3 Å². The van der Waals surface area contributed by atoms with Gasteiger partial charge in [0.05, 0.1) is 6.04 Å². The minimum atomic E-state index is 0.105. The maximum absolute atomic E-state index is 5.74. The Balaban J connectivity index is 1.96. The lowest BCUT2D eigenvalue weighted by Gasteiger charge is -2.38. The third-order valence-corrected chi connectivity index (χ3v) is 4.22. The van der Waals surface area contributed by atoms with Crippen molar-refractivity contribution in [3.63, 3.8) is 0 Å². The van der Waals surface area contributed by atoms with Crippen molar-refractivity contribution in [3.8, 4) is 0 Å². The summed E-state index contributed by atoms with van der Waals surface area (Å²) in [6.07, 6.45) is 2.39. The van der Waals surface area contributed by atoms with Gasteiger partial charge in [0, 0.05) is 13.1 Å². The van der Waals surface area contributed by atoms with Crippen molar-refractivity contribution in [2.24, 2.45) is 11.3 Å². The first-order valence-electron chi connectivity index (χ1n) is 7.17. The molecule has 108 valence electrons. The molecule has 1 aliphatic heterocycles. The van der Waals surface area contributed by atoms with Crippen LogP contribution in [0.15, 0.2) is 4.42 Å². The van der Waals surface area contributed by atoms with Gasteiger partial charge in [0.1, 0.15) is 0 Å². The van der Waals surface area contributed by atoms with E-state index in [9.17, 15) is 0 Å². The molecule has 5 nitrogen and oxygen atoms in total. The zero-order valence-corrected chi connectivity index (χ0v) is 12.7. The minimum Gasteiger partial charge on any atom is -0.406 e. The van der Waals surface area contributed by atoms with E-state index in [-0.39, 0.29) is 6.04 Å². The molecule has 2 rings (SSSR count). The number of aromatic nitrogens is 2. The number of nitrogens with zero attached hydrogens (tertiary/aromatic N) is 3. The molecule has 1 fully saturated rings. The summed E-state index contributed by atoms with van der Waals surface area (Å²) in [4.78, 5) is 2.21. The zero-order chi connectivity index (χ0) is 14.0. The van der Waals surface area contributed by atoms with Crippen molar-refractivity contribution in [1.82, 2.24) is 15.5 Å². The van der Waals surface area contributed by atoms with Crippen molar-refractivity contribution in [2.45, 2.75) is 46.6 Å². The molecule has 1 atom stereocenters. The molecule has 19 heavy (non-hydrogen) atoms. The lowest BCUT2D eigenvalue weighted by molar-refractivity contribution is 0.196. The molecule has 0 amide bonds. The number of hydrogen-bond acceptors (Lipinski definition) is 5. The largest absolute Gasteiger partial charge is 0.406 e. The summed E-state index contributed by atoms with van der Waals surface area (Å²) >= 11 is 0. The molecule has 0 spiro atoms. The highest BCUT2D eigenvalue weighted by molar-refractivity contribution is 5.25. The van der Waals surface area contributed by atoms with E-state index in [0.29, 0.717) is 17.3 Å². The summed E-state index contributed by atoms with van der Waals surface area (Å²) in [5.74, 6) is 1.44. The highest BCUT2D eigenvalue weighted by Crippen LogP contribution is 2.35. The Labute approximate surface area is 115 Å². The van der Waals surface area contributed by atoms with Crippen LogP contribution in [0.5, 0.6) is 0 Å². The number of piperidine rings is 1. The van der Waals surface area contributed by atoms with Crippen LogP contribution in [0.3, 0.4) is 0 Å². The molecule has 2 heterocycles. The van der Waals surface area contributed by atoms with Crippen LogP contribution >= 0.6 is 0 Å². The van der Waals surface area contributed by atoms with Crippen molar-refractivity contribution >= 4 is 6.01 Å². The molecule has 1 aromatic heterocycles. The lowest BCUT2D eigenvalue weighted by atomic mass is 9.75. The van der Waals surface area contributed by atoms with Crippen LogP contribution < -0.4 is 10.2 Å². The number of anilines is 1. The van der Waals surface area contributed by atoms with Crippen LogP contribution in [0, 0.1) is 11.3 Å². The Morgan fingerprint density at radius 1 is 1.26 bits per heavy atom. The van der Waals surface area contributed by atoms with Crippen LogP contribution in [0.2, 0.25) is 0 Å². The monoisotopic (exact) mass is 266 g/mol. The first kappa shape index (κ1) is 14.3. The Morgan fingerprint density at radius 3 is 2.42 bits per heavy atom. The molecule has 1 aliphatic rings. The molecule has 0 aromatic carbocycles. The van der Waals surface area contributed by atoms with E-state index < -0.39 is 0 Å². The fourth-order valence-corrected chi connectivity index (χ4v) is 2.59. The van der Waals surface area contributed by atoms with Gasteiger partial charge < -0.3 is 14.6 Å². The highest BCUT2D eigenvalue weighted by atomic mass is 16.4. The van der Waals surface area contributed by atoms with Crippen molar-refractivity contribution in [2.75, 3.05) is 25.0 Å². The number of hydrogen-bond donors (Lipinski definition) is 1. The van der Waals surface area contributed by atoms with E-state index in [1.165, 1.54) is 12.8 Å². The summed E-state index contributed by atoms with van der Waals surface area (Å²) in [5.41, 5.74) is 0.396. The van der Waals surface area contributed by atoms with E-state index in [1.807, 2.05) is 14.0 Å². The van der Waals surface area contributed by atoms with Crippen LogP contribution in [0.1, 0.15) is 52.5 Å². The molecular weight excluding hydrogens is 240 g/mol. The van der Waals surface area contributed by atoms with Crippen molar-refractivity contribution in [3.05, 3.63) is 5.89 Å².